The Morgan fingerprint density at radius 1 is 1.28 bits per heavy atom. The van der Waals surface area contributed by atoms with Crippen LogP contribution in [0.1, 0.15) is 19.3 Å². The summed E-state index contributed by atoms with van der Waals surface area (Å²) in [6.07, 6.45) is 3.68. The normalized spacial score (nSPS) is 16.5. The van der Waals surface area contributed by atoms with E-state index < -0.39 is 0 Å². The Balaban J connectivity index is 1.74. The minimum absolute atomic E-state index is 0.0529. The molecule has 4 nitrogen and oxygen atoms in total. The molecule has 0 unspecified atom stereocenters. The molecule has 1 aliphatic heterocycles. The first-order valence-corrected chi connectivity index (χ1v) is 6.66. The van der Waals surface area contributed by atoms with Gasteiger partial charge in [0.1, 0.15) is 0 Å². The SMILES string of the molecule is O=C(CNN1CCCCC1)Nc1cccc(Cl)c1. The molecule has 0 saturated carbocycles. The van der Waals surface area contributed by atoms with E-state index in [0.29, 0.717) is 11.6 Å². The molecule has 1 aliphatic rings. The van der Waals surface area contributed by atoms with Gasteiger partial charge in [0.25, 0.3) is 0 Å². The monoisotopic (exact) mass is 267 g/mol. The maximum Gasteiger partial charge on any atom is 0.239 e. The first kappa shape index (κ1) is 13.3. The van der Waals surface area contributed by atoms with Gasteiger partial charge >= 0.3 is 0 Å². The van der Waals surface area contributed by atoms with Crippen LogP contribution in [0.25, 0.3) is 0 Å². The second-order valence-electron chi connectivity index (χ2n) is 4.44. The van der Waals surface area contributed by atoms with Crippen LogP contribution >= 0.6 is 11.6 Å². The second kappa shape index (κ2) is 6.73. The number of nitrogens with one attached hydrogen (secondary N) is 2. The number of benzene rings is 1. The number of amides is 1. The summed E-state index contributed by atoms with van der Waals surface area (Å²) < 4.78 is 0. The van der Waals surface area contributed by atoms with Crippen LogP contribution in [-0.2, 0) is 4.79 Å². The lowest BCUT2D eigenvalue weighted by Gasteiger charge is -2.26. The molecule has 0 spiro atoms. The van der Waals surface area contributed by atoms with Gasteiger partial charge in [-0.15, -0.1) is 0 Å². The molecule has 1 aromatic carbocycles. The van der Waals surface area contributed by atoms with E-state index in [4.69, 9.17) is 11.6 Å². The highest BCUT2D eigenvalue weighted by Crippen LogP contribution is 2.14. The molecule has 0 aromatic heterocycles. The number of hydrogen-bond donors (Lipinski definition) is 2. The van der Waals surface area contributed by atoms with Crippen molar-refractivity contribution in [2.45, 2.75) is 19.3 Å². The number of hydrazine groups is 1. The number of hydrogen-bond acceptors (Lipinski definition) is 3. The highest BCUT2D eigenvalue weighted by Gasteiger charge is 2.10. The van der Waals surface area contributed by atoms with Crippen molar-refractivity contribution in [1.82, 2.24) is 10.4 Å². The van der Waals surface area contributed by atoms with E-state index in [2.05, 4.69) is 15.8 Å². The number of halogens is 1. The zero-order chi connectivity index (χ0) is 12.8. The lowest BCUT2D eigenvalue weighted by molar-refractivity contribution is -0.116. The van der Waals surface area contributed by atoms with Crippen LogP contribution in [0.2, 0.25) is 5.02 Å². The third kappa shape index (κ3) is 4.29. The van der Waals surface area contributed by atoms with E-state index in [1.807, 2.05) is 12.1 Å². The van der Waals surface area contributed by atoms with Crippen molar-refractivity contribution in [3.05, 3.63) is 29.3 Å². The summed E-state index contributed by atoms with van der Waals surface area (Å²) in [5.74, 6) is -0.0529. The lowest BCUT2D eigenvalue weighted by atomic mass is 10.2. The van der Waals surface area contributed by atoms with Gasteiger partial charge in [0, 0.05) is 23.8 Å². The highest BCUT2D eigenvalue weighted by atomic mass is 35.5. The quantitative estimate of drug-likeness (QED) is 0.880. The van der Waals surface area contributed by atoms with Gasteiger partial charge in [0.05, 0.1) is 6.54 Å². The van der Waals surface area contributed by atoms with Gasteiger partial charge < -0.3 is 5.32 Å². The molecule has 0 radical (unpaired) electrons. The molecule has 5 heteroatoms. The van der Waals surface area contributed by atoms with Gasteiger partial charge in [0.2, 0.25) is 5.91 Å². The summed E-state index contributed by atoms with van der Waals surface area (Å²) >= 11 is 5.85. The zero-order valence-electron chi connectivity index (χ0n) is 10.3. The van der Waals surface area contributed by atoms with Crippen LogP contribution < -0.4 is 10.7 Å². The smallest absolute Gasteiger partial charge is 0.239 e. The van der Waals surface area contributed by atoms with Gasteiger partial charge in [-0.05, 0) is 31.0 Å². The van der Waals surface area contributed by atoms with Gasteiger partial charge in [-0.25, -0.2) is 10.4 Å². The number of carbonyl (C=O) groups excluding carboxylic acids is 1. The Bertz CT molecular complexity index is 405. The molecule has 0 atom stereocenters. The highest BCUT2D eigenvalue weighted by molar-refractivity contribution is 6.30. The van der Waals surface area contributed by atoms with Crippen molar-refractivity contribution in [3.63, 3.8) is 0 Å². The number of anilines is 1. The van der Waals surface area contributed by atoms with Gasteiger partial charge in [-0.2, -0.15) is 0 Å². The predicted octanol–water partition coefficient (Wildman–Crippen LogP) is 2.27. The number of rotatable bonds is 4. The molecular weight excluding hydrogens is 250 g/mol. The largest absolute Gasteiger partial charge is 0.325 e. The van der Waals surface area contributed by atoms with Crippen molar-refractivity contribution in [2.24, 2.45) is 0 Å². The van der Waals surface area contributed by atoms with E-state index in [1.165, 1.54) is 19.3 Å². The fourth-order valence-electron chi connectivity index (χ4n) is 2.01. The Labute approximate surface area is 112 Å². The topological polar surface area (TPSA) is 44.4 Å². The molecule has 2 rings (SSSR count). The minimum Gasteiger partial charge on any atom is -0.325 e. The van der Waals surface area contributed by atoms with Crippen LogP contribution in [0.4, 0.5) is 5.69 Å². The summed E-state index contributed by atoms with van der Waals surface area (Å²) in [6.45, 7) is 2.33. The molecule has 0 aliphatic carbocycles. The van der Waals surface area contributed by atoms with Crippen LogP contribution in [0.5, 0.6) is 0 Å². The predicted molar refractivity (Wildman–Crippen MR) is 73.5 cm³/mol. The Morgan fingerprint density at radius 3 is 2.78 bits per heavy atom. The molecule has 1 amide bonds. The molecule has 1 aromatic rings. The van der Waals surface area contributed by atoms with Gasteiger partial charge in [-0.1, -0.05) is 24.1 Å². The summed E-state index contributed by atoms with van der Waals surface area (Å²) in [4.78, 5) is 11.7. The van der Waals surface area contributed by atoms with Crippen LogP contribution in [0.3, 0.4) is 0 Å². The molecule has 1 fully saturated rings. The van der Waals surface area contributed by atoms with Crippen molar-refractivity contribution < 1.29 is 4.79 Å². The summed E-state index contributed by atoms with van der Waals surface area (Å²) in [6, 6.07) is 7.16. The van der Waals surface area contributed by atoms with Crippen LogP contribution in [0, 0.1) is 0 Å². The van der Waals surface area contributed by atoms with Crippen molar-refractivity contribution in [2.75, 3.05) is 25.0 Å². The molecule has 98 valence electrons. The van der Waals surface area contributed by atoms with E-state index >= 15 is 0 Å². The van der Waals surface area contributed by atoms with Crippen LogP contribution in [-0.4, -0.2) is 30.6 Å². The number of piperidine rings is 1. The molecule has 1 heterocycles. The van der Waals surface area contributed by atoms with Crippen LogP contribution in [0.15, 0.2) is 24.3 Å². The maximum absolute atomic E-state index is 11.7. The van der Waals surface area contributed by atoms with Crippen molar-refractivity contribution in [3.8, 4) is 0 Å². The summed E-state index contributed by atoms with van der Waals surface area (Å²) in [5, 5.41) is 5.54. The van der Waals surface area contributed by atoms with E-state index in [0.717, 1.165) is 18.8 Å². The second-order valence-corrected chi connectivity index (χ2v) is 4.88. The fourth-order valence-corrected chi connectivity index (χ4v) is 2.20. The summed E-state index contributed by atoms with van der Waals surface area (Å²) in [5.41, 5.74) is 3.87. The summed E-state index contributed by atoms with van der Waals surface area (Å²) in [7, 11) is 0. The van der Waals surface area contributed by atoms with E-state index in [9.17, 15) is 4.79 Å². The first-order valence-electron chi connectivity index (χ1n) is 6.28. The molecule has 0 bridgehead atoms. The fraction of sp³-hybridized carbons (Fsp3) is 0.462. The molecule has 1 saturated heterocycles. The average Bonchev–Trinajstić information content (AvgIpc) is 2.38. The number of carbonyl (C=O) groups is 1. The van der Waals surface area contributed by atoms with Gasteiger partial charge in [-0.3, -0.25) is 4.79 Å². The van der Waals surface area contributed by atoms with E-state index in [-0.39, 0.29) is 5.91 Å². The average molecular weight is 268 g/mol. The molecule has 2 N–H and O–H groups in total. The lowest BCUT2D eigenvalue weighted by Crippen LogP contribution is -2.45. The molecule has 18 heavy (non-hydrogen) atoms. The Kier molecular flexibility index (Phi) is 4.99. The minimum atomic E-state index is -0.0529. The van der Waals surface area contributed by atoms with Crippen molar-refractivity contribution >= 4 is 23.2 Å². The standard InChI is InChI=1S/C13H18ClN3O/c14-11-5-4-6-12(9-11)16-13(18)10-15-17-7-2-1-3-8-17/h4-6,9,15H,1-3,7-8,10H2,(H,16,18). The third-order valence-corrected chi connectivity index (χ3v) is 3.16. The van der Waals surface area contributed by atoms with Crippen molar-refractivity contribution in [1.29, 1.82) is 0 Å². The third-order valence-electron chi connectivity index (χ3n) is 2.93. The van der Waals surface area contributed by atoms with Gasteiger partial charge in [0.15, 0.2) is 0 Å². The first-order chi connectivity index (χ1) is 8.74. The zero-order valence-corrected chi connectivity index (χ0v) is 11.0. The Hall–Kier alpha value is -1.10. The van der Waals surface area contributed by atoms with E-state index in [1.54, 1.807) is 12.1 Å². The number of nitrogens with zero attached hydrogens (tertiary/aromatic N) is 1. The Morgan fingerprint density at radius 2 is 2.06 bits per heavy atom. The maximum atomic E-state index is 11.7. The molecular formula is C13H18ClN3O.